The van der Waals surface area contributed by atoms with E-state index in [4.69, 9.17) is 9.47 Å². The lowest BCUT2D eigenvalue weighted by atomic mass is 10.1. The van der Waals surface area contributed by atoms with Crippen LogP contribution in [0.5, 0.6) is 11.5 Å². The van der Waals surface area contributed by atoms with Crippen LogP contribution in [-0.2, 0) is 10.5 Å². The van der Waals surface area contributed by atoms with Gasteiger partial charge in [0.2, 0.25) is 5.91 Å². The molecule has 0 fully saturated rings. The molecule has 1 aromatic rings. The van der Waals surface area contributed by atoms with Gasteiger partial charge in [-0.25, -0.2) is 0 Å². The molecule has 0 radical (unpaired) electrons. The summed E-state index contributed by atoms with van der Waals surface area (Å²) in [6.07, 6.45) is 0.950. The van der Waals surface area contributed by atoms with Gasteiger partial charge in [-0.3, -0.25) is 4.79 Å². The Bertz CT molecular complexity index is 477. The highest BCUT2D eigenvalue weighted by molar-refractivity contribution is 7.99. The number of carbonyl (C=O) groups excluding carboxylic acids is 1. The van der Waals surface area contributed by atoms with E-state index in [0.717, 1.165) is 34.8 Å². The second-order valence-corrected chi connectivity index (χ2v) is 5.99. The standard InChI is InChI=1S/C16H25NO3S/c1-6-12(3)17-16(18)10-21-9-13-8-15(20-5)14(19-4)7-11(13)2/h7-8,12H,6,9-10H2,1-5H3,(H,17,18)/t12-/m0/s1. The minimum absolute atomic E-state index is 0.0903. The lowest BCUT2D eigenvalue weighted by molar-refractivity contribution is -0.119. The number of methoxy groups -OCH3 is 2. The zero-order chi connectivity index (χ0) is 15.8. The molecule has 0 saturated heterocycles. The lowest BCUT2D eigenvalue weighted by Crippen LogP contribution is -2.33. The highest BCUT2D eigenvalue weighted by Crippen LogP contribution is 2.31. The van der Waals surface area contributed by atoms with Crippen molar-refractivity contribution in [3.05, 3.63) is 23.3 Å². The van der Waals surface area contributed by atoms with E-state index in [9.17, 15) is 4.79 Å². The third-order valence-electron chi connectivity index (χ3n) is 3.35. The fraction of sp³-hybridized carbons (Fsp3) is 0.562. The van der Waals surface area contributed by atoms with Crippen LogP contribution in [0.1, 0.15) is 31.4 Å². The number of rotatable bonds is 8. The number of thioether (sulfide) groups is 1. The first-order valence-corrected chi connectivity index (χ1v) is 8.25. The Kier molecular flexibility index (Phi) is 7.43. The summed E-state index contributed by atoms with van der Waals surface area (Å²) in [7, 11) is 3.26. The first-order chi connectivity index (χ1) is 10.0. The van der Waals surface area contributed by atoms with Crippen LogP contribution in [0.4, 0.5) is 0 Å². The molecule has 0 heterocycles. The number of hydrogen-bond donors (Lipinski definition) is 1. The summed E-state index contributed by atoms with van der Waals surface area (Å²) in [5.74, 6) is 2.80. The van der Waals surface area contributed by atoms with E-state index >= 15 is 0 Å². The molecule has 1 atom stereocenters. The first kappa shape index (κ1) is 17.7. The number of nitrogens with one attached hydrogen (secondary N) is 1. The van der Waals surface area contributed by atoms with Gasteiger partial charge in [0.1, 0.15) is 0 Å². The molecule has 1 aromatic carbocycles. The zero-order valence-electron chi connectivity index (χ0n) is 13.5. The van der Waals surface area contributed by atoms with Crippen molar-refractivity contribution in [1.29, 1.82) is 0 Å². The quantitative estimate of drug-likeness (QED) is 0.801. The number of ether oxygens (including phenoxy) is 2. The molecule has 1 rings (SSSR count). The van der Waals surface area contributed by atoms with Crippen LogP contribution in [-0.4, -0.2) is 31.9 Å². The molecular formula is C16H25NO3S. The second-order valence-electron chi connectivity index (χ2n) is 5.00. The van der Waals surface area contributed by atoms with Gasteiger partial charge in [0.15, 0.2) is 11.5 Å². The first-order valence-electron chi connectivity index (χ1n) is 7.10. The number of amides is 1. The molecule has 4 nitrogen and oxygen atoms in total. The molecule has 0 bridgehead atoms. The summed E-state index contributed by atoms with van der Waals surface area (Å²) < 4.78 is 10.6. The predicted molar refractivity (Wildman–Crippen MR) is 88.3 cm³/mol. The summed E-state index contributed by atoms with van der Waals surface area (Å²) >= 11 is 1.61. The normalized spacial score (nSPS) is 11.9. The lowest BCUT2D eigenvalue weighted by Gasteiger charge is -2.13. The van der Waals surface area contributed by atoms with E-state index in [-0.39, 0.29) is 11.9 Å². The van der Waals surface area contributed by atoms with Crippen LogP contribution in [0.2, 0.25) is 0 Å². The Labute approximate surface area is 131 Å². The third kappa shape index (κ3) is 5.50. The summed E-state index contributed by atoms with van der Waals surface area (Å²) in [6.45, 7) is 6.11. The van der Waals surface area contributed by atoms with Gasteiger partial charge in [-0.1, -0.05) is 6.92 Å². The number of carbonyl (C=O) groups is 1. The van der Waals surface area contributed by atoms with Crippen molar-refractivity contribution in [1.82, 2.24) is 5.32 Å². The van der Waals surface area contributed by atoms with E-state index in [1.54, 1.807) is 26.0 Å². The van der Waals surface area contributed by atoms with Crippen LogP contribution in [0.3, 0.4) is 0 Å². The maximum atomic E-state index is 11.7. The van der Waals surface area contributed by atoms with Crippen molar-refractivity contribution in [2.75, 3.05) is 20.0 Å². The fourth-order valence-corrected chi connectivity index (χ4v) is 2.75. The van der Waals surface area contributed by atoms with Gasteiger partial charge in [0.05, 0.1) is 20.0 Å². The van der Waals surface area contributed by atoms with Crippen molar-refractivity contribution in [2.24, 2.45) is 0 Å². The smallest absolute Gasteiger partial charge is 0.230 e. The fourth-order valence-electron chi connectivity index (χ4n) is 1.85. The second kappa shape index (κ2) is 8.82. The summed E-state index contributed by atoms with van der Waals surface area (Å²) in [5.41, 5.74) is 2.30. The van der Waals surface area contributed by atoms with Gasteiger partial charge in [-0.05, 0) is 43.5 Å². The molecule has 0 aliphatic heterocycles. The SMILES string of the molecule is CC[C@H](C)NC(=O)CSCc1cc(OC)c(OC)cc1C. The van der Waals surface area contributed by atoms with Gasteiger partial charge >= 0.3 is 0 Å². The highest BCUT2D eigenvalue weighted by atomic mass is 32.2. The molecular weight excluding hydrogens is 286 g/mol. The molecule has 0 unspecified atom stereocenters. The van der Waals surface area contributed by atoms with Crippen molar-refractivity contribution >= 4 is 17.7 Å². The summed E-state index contributed by atoms with van der Waals surface area (Å²) in [6, 6.07) is 4.18. The molecule has 0 aliphatic rings. The van der Waals surface area contributed by atoms with Crippen LogP contribution in [0, 0.1) is 6.92 Å². The van der Waals surface area contributed by atoms with Crippen LogP contribution in [0.25, 0.3) is 0 Å². The molecule has 5 heteroatoms. The van der Waals surface area contributed by atoms with Crippen molar-refractivity contribution in [3.8, 4) is 11.5 Å². The Morgan fingerprint density at radius 2 is 1.90 bits per heavy atom. The highest BCUT2D eigenvalue weighted by Gasteiger charge is 2.10. The molecule has 21 heavy (non-hydrogen) atoms. The third-order valence-corrected chi connectivity index (χ3v) is 4.33. The van der Waals surface area contributed by atoms with E-state index in [1.807, 2.05) is 26.0 Å². The molecule has 0 aromatic heterocycles. The van der Waals surface area contributed by atoms with Crippen LogP contribution >= 0.6 is 11.8 Å². The Morgan fingerprint density at radius 1 is 1.29 bits per heavy atom. The van der Waals surface area contributed by atoms with Crippen molar-refractivity contribution in [3.63, 3.8) is 0 Å². The van der Waals surface area contributed by atoms with E-state index in [2.05, 4.69) is 12.2 Å². The molecule has 1 N–H and O–H groups in total. The Hall–Kier alpha value is -1.36. The van der Waals surface area contributed by atoms with Gasteiger partial charge in [0, 0.05) is 11.8 Å². The monoisotopic (exact) mass is 311 g/mol. The molecule has 0 aliphatic carbocycles. The van der Waals surface area contributed by atoms with E-state index in [1.165, 1.54) is 0 Å². The minimum Gasteiger partial charge on any atom is -0.493 e. The number of aryl methyl sites for hydroxylation is 1. The predicted octanol–water partition coefficient (Wildman–Crippen LogP) is 3.16. The topological polar surface area (TPSA) is 47.6 Å². The van der Waals surface area contributed by atoms with Gasteiger partial charge in [-0.2, -0.15) is 0 Å². The van der Waals surface area contributed by atoms with Gasteiger partial charge in [-0.15, -0.1) is 11.8 Å². The van der Waals surface area contributed by atoms with Crippen molar-refractivity contribution in [2.45, 2.75) is 39.0 Å². The summed E-state index contributed by atoms with van der Waals surface area (Å²) in [5, 5.41) is 2.97. The Morgan fingerprint density at radius 3 is 2.48 bits per heavy atom. The molecule has 118 valence electrons. The largest absolute Gasteiger partial charge is 0.493 e. The van der Waals surface area contributed by atoms with Gasteiger partial charge in [0.25, 0.3) is 0 Å². The zero-order valence-corrected chi connectivity index (χ0v) is 14.3. The maximum Gasteiger partial charge on any atom is 0.230 e. The number of hydrogen-bond acceptors (Lipinski definition) is 4. The van der Waals surface area contributed by atoms with Gasteiger partial charge < -0.3 is 14.8 Å². The van der Waals surface area contributed by atoms with E-state index < -0.39 is 0 Å². The summed E-state index contributed by atoms with van der Waals surface area (Å²) in [4.78, 5) is 11.7. The molecule has 0 spiro atoms. The van der Waals surface area contributed by atoms with Crippen LogP contribution in [0.15, 0.2) is 12.1 Å². The average Bonchev–Trinajstić information content (AvgIpc) is 2.48. The average molecular weight is 311 g/mol. The number of benzene rings is 1. The molecule has 0 saturated carbocycles. The minimum atomic E-state index is 0.0903. The maximum absolute atomic E-state index is 11.7. The van der Waals surface area contributed by atoms with E-state index in [0.29, 0.717) is 5.75 Å². The van der Waals surface area contributed by atoms with Crippen molar-refractivity contribution < 1.29 is 14.3 Å². The van der Waals surface area contributed by atoms with Crippen LogP contribution < -0.4 is 14.8 Å². The Balaban J connectivity index is 2.57. The molecule has 1 amide bonds.